The lowest BCUT2D eigenvalue weighted by Gasteiger charge is -1.99. The SMILES string of the molecule is Cc1ccc(CN=C2NC(=O)C(=O)N2)cc1. The van der Waals surface area contributed by atoms with Crippen molar-refractivity contribution in [3.8, 4) is 0 Å². The first-order valence-corrected chi connectivity index (χ1v) is 4.87. The van der Waals surface area contributed by atoms with Crippen molar-refractivity contribution < 1.29 is 9.59 Å². The van der Waals surface area contributed by atoms with Crippen molar-refractivity contribution >= 4 is 17.8 Å². The van der Waals surface area contributed by atoms with Crippen molar-refractivity contribution in [2.75, 3.05) is 0 Å². The highest BCUT2D eigenvalue weighted by Crippen LogP contribution is 2.04. The lowest BCUT2D eigenvalue weighted by Crippen LogP contribution is -2.25. The molecule has 5 heteroatoms. The fourth-order valence-electron chi connectivity index (χ4n) is 1.30. The summed E-state index contributed by atoms with van der Waals surface area (Å²) in [6.45, 7) is 2.43. The first kappa shape index (κ1) is 10.4. The van der Waals surface area contributed by atoms with Gasteiger partial charge in [0.1, 0.15) is 0 Å². The van der Waals surface area contributed by atoms with Gasteiger partial charge in [-0.25, -0.2) is 4.99 Å². The number of amides is 2. The van der Waals surface area contributed by atoms with Crippen LogP contribution in [0.15, 0.2) is 29.3 Å². The van der Waals surface area contributed by atoms with Gasteiger partial charge in [-0.2, -0.15) is 0 Å². The molecule has 0 radical (unpaired) electrons. The minimum Gasteiger partial charge on any atom is -0.288 e. The topological polar surface area (TPSA) is 70.6 Å². The Labute approximate surface area is 92.6 Å². The summed E-state index contributed by atoms with van der Waals surface area (Å²) in [7, 11) is 0. The molecule has 1 aliphatic heterocycles. The number of aryl methyl sites for hydroxylation is 1. The van der Waals surface area contributed by atoms with Crippen LogP contribution >= 0.6 is 0 Å². The van der Waals surface area contributed by atoms with Gasteiger partial charge >= 0.3 is 11.8 Å². The van der Waals surface area contributed by atoms with E-state index in [4.69, 9.17) is 0 Å². The Morgan fingerprint density at radius 2 is 1.62 bits per heavy atom. The molecule has 82 valence electrons. The number of guanidine groups is 1. The van der Waals surface area contributed by atoms with Gasteiger partial charge in [0, 0.05) is 0 Å². The smallest absolute Gasteiger partial charge is 0.288 e. The Morgan fingerprint density at radius 3 is 2.19 bits per heavy atom. The molecule has 0 aliphatic carbocycles. The molecule has 1 aromatic carbocycles. The molecule has 2 N–H and O–H groups in total. The number of carbonyl (C=O) groups excluding carboxylic acids is 2. The van der Waals surface area contributed by atoms with Crippen molar-refractivity contribution in [2.45, 2.75) is 13.5 Å². The minimum absolute atomic E-state index is 0.218. The molecule has 0 unspecified atom stereocenters. The average Bonchev–Trinajstić information content (AvgIpc) is 2.58. The number of rotatable bonds is 2. The summed E-state index contributed by atoms with van der Waals surface area (Å²) in [6.07, 6.45) is 0. The van der Waals surface area contributed by atoms with Crippen LogP contribution in [0.2, 0.25) is 0 Å². The van der Waals surface area contributed by atoms with Gasteiger partial charge in [-0.05, 0) is 12.5 Å². The summed E-state index contributed by atoms with van der Waals surface area (Å²) in [6, 6.07) is 7.89. The highest BCUT2D eigenvalue weighted by atomic mass is 16.2. The maximum Gasteiger partial charge on any atom is 0.316 e. The molecule has 1 saturated heterocycles. The van der Waals surface area contributed by atoms with E-state index >= 15 is 0 Å². The van der Waals surface area contributed by atoms with Crippen molar-refractivity contribution in [1.29, 1.82) is 0 Å². The van der Waals surface area contributed by atoms with Crippen LogP contribution in [-0.2, 0) is 16.1 Å². The number of hydrogen-bond donors (Lipinski definition) is 2. The molecule has 0 aromatic heterocycles. The molecule has 0 bridgehead atoms. The van der Waals surface area contributed by atoms with Gasteiger partial charge < -0.3 is 0 Å². The zero-order chi connectivity index (χ0) is 11.5. The fraction of sp³-hybridized carbons (Fsp3) is 0.182. The van der Waals surface area contributed by atoms with E-state index in [9.17, 15) is 9.59 Å². The summed E-state index contributed by atoms with van der Waals surface area (Å²) in [5.41, 5.74) is 2.20. The Bertz CT molecular complexity index is 445. The lowest BCUT2D eigenvalue weighted by molar-refractivity contribution is -0.135. The van der Waals surface area contributed by atoms with Gasteiger partial charge in [-0.3, -0.25) is 20.2 Å². The highest BCUT2D eigenvalue weighted by molar-refractivity contribution is 6.45. The van der Waals surface area contributed by atoms with Crippen LogP contribution in [0.1, 0.15) is 11.1 Å². The van der Waals surface area contributed by atoms with Gasteiger partial charge in [0.15, 0.2) is 0 Å². The third kappa shape index (κ3) is 2.25. The van der Waals surface area contributed by atoms with E-state index < -0.39 is 11.8 Å². The molecule has 1 aliphatic rings. The molecule has 1 aromatic rings. The Balaban J connectivity index is 2.02. The van der Waals surface area contributed by atoms with Crippen LogP contribution in [0.4, 0.5) is 0 Å². The second kappa shape index (κ2) is 4.14. The molecule has 0 saturated carbocycles. The largest absolute Gasteiger partial charge is 0.316 e. The van der Waals surface area contributed by atoms with Crippen molar-refractivity contribution in [1.82, 2.24) is 10.6 Å². The predicted molar refractivity (Wildman–Crippen MR) is 58.6 cm³/mol. The lowest BCUT2D eigenvalue weighted by atomic mass is 10.1. The van der Waals surface area contributed by atoms with Crippen LogP contribution in [-0.4, -0.2) is 17.8 Å². The summed E-state index contributed by atoms with van der Waals surface area (Å²) < 4.78 is 0. The molecule has 2 amide bonds. The Hall–Kier alpha value is -2.17. The minimum atomic E-state index is -0.664. The van der Waals surface area contributed by atoms with E-state index in [-0.39, 0.29) is 5.96 Å². The summed E-state index contributed by atoms with van der Waals surface area (Å²) >= 11 is 0. The maximum atomic E-state index is 10.8. The van der Waals surface area contributed by atoms with Gasteiger partial charge in [0.05, 0.1) is 6.54 Å². The zero-order valence-electron chi connectivity index (χ0n) is 8.78. The van der Waals surface area contributed by atoms with Gasteiger partial charge in [-0.15, -0.1) is 0 Å². The van der Waals surface area contributed by atoms with Crippen LogP contribution in [0, 0.1) is 6.92 Å². The van der Waals surface area contributed by atoms with E-state index in [1.54, 1.807) is 0 Å². The predicted octanol–water partition coefficient (Wildman–Crippen LogP) is 0.0970. The van der Waals surface area contributed by atoms with E-state index in [1.807, 2.05) is 31.2 Å². The number of benzene rings is 1. The zero-order valence-corrected chi connectivity index (χ0v) is 8.78. The van der Waals surface area contributed by atoms with Crippen LogP contribution < -0.4 is 10.6 Å². The van der Waals surface area contributed by atoms with Gasteiger partial charge in [0.2, 0.25) is 5.96 Å². The Morgan fingerprint density at radius 1 is 1.06 bits per heavy atom. The molecule has 1 fully saturated rings. The second-order valence-corrected chi connectivity index (χ2v) is 3.56. The normalized spacial score (nSPS) is 14.7. The number of nitrogens with one attached hydrogen (secondary N) is 2. The second-order valence-electron chi connectivity index (χ2n) is 3.56. The number of aliphatic imine (C=N–C) groups is 1. The van der Waals surface area contributed by atoms with Crippen molar-refractivity contribution in [3.05, 3.63) is 35.4 Å². The quantitative estimate of drug-likeness (QED) is 0.689. The molecule has 16 heavy (non-hydrogen) atoms. The number of hydrogen-bond acceptors (Lipinski definition) is 3. The standard InChI is InChI=1S/C11H11N3O2/c1-7-2-4-8(5-3-7)6-12-11-13-9(15)10(16)14-11/h2-5H,6H2,1H3,(H2,12,13,14,15,16). The first-order valence-electron chi connectivity index (χ1n) is 4.87. The molecular weight excluding hydrogens is 206 g/mol. The average molecular weight is 217 g/mol. The monoisotopic (exact) mass is 217 g/mol. The van der Waals surface area contributed by atoms with E-state index in [2.05, 4.69) is 15.6 Å². The van der Waals surface area contributed by atoms with E-state index in [1.165, 1.54) is 5.56 Å². The molecule has 1 heterocycles. The van der Waals surface area contributed by atoms with E-state index in [0.29, 0.717) is 6.54 Å². The number of carbonyl (C=O) groups is 2. The van der Waals surface area contributed by atoms with Gasteiger partial charge in [0.25, 0.3) is 0 Å². The highest BCUT2D eigenvalue weighted by Gasteiger charge is 2.24. The van der Waals surface area contributed by atoms with E-state index in [0.717, 1.165) is 5.56 Å². The molecule has 2 rings (SSSR count). The van der Waals surface area contributed by atoms with Crippen LogP contribution in [0.5, 0.6) is 0 Å². The Kier molecular flexibility index (Phi) is 2.68. The summed E-state index contributed by atoms with van der Waals surface area (Å²) in [4.78, 5) is 25.7. The summed E-state index contributed by atoms with van der Waals surface area (Å²) in [5.74, 6) is -1.11. The van der Waals surface area contributed by atoms with Crippen molar-refractivity contribution in [2.24, 2.45) is 4.99 Å². The molecule has 0 atom stereocenters. The third-order valence-electron chi connectivity index (χ3n) is 2.21. The fourth-order valence-corrected chi connectivity index (χ4v) is 1.30. The molecule has 5 nitrogen and oxygen atoms in total. The van der Waals surface area contributed by atoms with Crippen LogP contribution in [0.3, 0.4) is 0 Å². The molecular formula is C11H11N3O2. The van der Waals surface area contributed by atoms with Crippen LogP contribution in [0.25, 0.3) is 0 Å². The first-order chi connectivity index (χ1) is 7.65. The number of nitrogens with zero attached hydrogens (tertiary/aromatic N) is 1. The summed E-state index contributed by atoms with van der Waals surface area (Å²) in [5, 5.41) is 4.67. The maximum absolute atomic E-state index is 10.8. The van der Waals surface area contributed by atoms with Crippen molar-refractivity contribution in [3.63, 3.8) is 0 Å². The molecule has 0 spiro atoms. The third-order valence-corrected chi connectivity index (χ3v) is 2.21. The van der Waals surface area contributed by atoms with Gasteiger partial charge in [-0.1, -0.05) is 29.8 Å².